The molecule has 3 aliphatic heterocycles. The van der Waals surface area contributed by atoms with Gasteiger partial charge in [0.25, 0.3) is 5.91 Å². The first-order valence-electron chi connectivity index (χ1n) is 8.17. The number of piperidine rings is 3. The molecular weight excluding hydrogens is 278 g/mol. The van der Waals surface area contributed by atoms with Crippen molar-refractivity contribution in [2.24, 2.45) is 5.92 Å². The predicted octanol–water partition coefficient (Wildman–Crippen LogP) is 2.18. The van der Waals surface area contributed by atoms with Gasteiger partial charge in [-0.2, -0.15) is 0 Å². The van der Waals surface area contributed by atoms with Crippen molar-refractivity contribution >= 4 is 16.9 Å². The summed E-state index contributed by atoms with van der Waals surface area (Å²) in [5.41, 5.74) is 1.60. The summed E-state index contributed by atoms with van der Waals surface area (Å²) in [7, 11) is 0. The topological polar surface area (TPSA) is 58.4 Å². The van der Waals surface area contributed by atoms with Crippen molar-refractivity contribution in [2.75, 3.05) is 13.1 Å². The fourth-order valence-electron chi connectivity index (χ4n) is 4.55. The van der Waals surface area contributed by atoms with Crippen molar-refractivity contribution in [2.45, 2.75) is 37.3 Å². The van der Waals surface area contributed by atoms with Gasteiger partial charge in [0.1, 0.15) is 0 Å². The zero-order valence-electron chi connectivity index (χ0n) is 12.4. The second kappa shape index (κ2) is 4.32. The van der Waals surface area contributed by atoms with E-state index in [9.17, 15) is 4.79 Å². The maximum atomic E-state index is 12.7. The van der Waals surface area contributed by atoms with E-state index in [4.69, 9.17) is 4.52 Å². The van der Waals surface area contributed by atoms with Gasteiger partial charge in [0, 0.05) is 16.5 Å². The van der Waals surface area contributed by atoms with Crippen molar-refractivity contribution in [3.05, 3.63) is 30.0 Å². The molecule has 4 heterocycles. The van der Waals surface area contributed by atoms with Crippen molar-refractivity contribution < 1.29 is 9.32 Å². The van der Waals surface area contributed by atoms with Crippen LogP contribution in [0.1, 0.15) is 36.0 Å². The number of carbonyl (C=O) groups is 1. The number of fused-ring (bicyclic) bond motifs is 3. The first kappa shape index (κ1) is 12.6. The van der Waals surface area contributed by atoms with E-state index in [2.05, 4.69) is 15.4 Å². The van der Waals surface area contributed by atoms with E-state index in [1.807, 2.05) is 12.1 Å². The Morgan fingerprint density at radius 3 is 2.91 bits per heavy atom. The number of aromatic nitrogens is 1. The number of nitrogens with zero attached hydrogens (tertiary/aromatic N) is 2. The molecule has 1 aliphatic carbocycles. The Hall–Kier alpha value is -1.88. The van der Waals surface area contributed by atoms with Gasteiger partial charge in [-0.3, -0.25) is 9.69 Å². The molecule has 1 aromatic heterocycles. The van der Waals surface area contributed by atoms with Crippen molar-refractivity contribution in [1.82, 2.24) is 15.4 Å². The summed E-state index contributed by atoms with van der Waals surface area (Å²) in [5.74, 6) is 0.661. The summed E-state index contributed by atoms with van der Waals surface area (Å²) in [4.78, 5) is 15.3. The lowest BCUT2D eigenvalue weighted by Crippen LogP contribution is -2.65. The third-order valence-electron chi connectivity index (χ3n) is 5.89. The molecule has 1 saturated carbocycles. The van der Waals surface area contributed by atoms with Crippen molar-refractivity contribution in [3.63, 3.8) is 0 Å². The van der Waals surface area contributed by atoms with Crippen LogP contribution in [0.25, 0.3) is 11.0 Å². The molecule has 1 N–H and O–H groups in total. The average molecular weight is 297 g/mol. The lowest BCUT2D eigenvalue weighted by atomic mass is 9.77. The Morgan fingerprint density at radius 1 is 1.32 bits per heavy atom. The molecule has 3 saturated heterocycles. The molecular formula is C17H19N3O2. The minimum Gasteiger partial charge on any atom is -0.356 e. The molecule has 6 rings (SSSR count). The van der Waals surface area contributed by atoms with E-state index < -0.39 is 0 Å². The largest absolute Gasteiger partial charge is 0.356 e. The second-order valence-corrected chi connectivity index (χ2v) is 6.96. The fraction of sp³-hybridized carbons (Fsp3) is 0.529. The van der Waals surface area contributed by atoms with Gasteiger partial charge < -0.3 is 9.84 Å². The van der Waals surface area contributed by atoms with Gasteiger partial charge in [0.2, 0.25) is 0 Å². The lowest BCUT2D eigenvalue weighted by Gasteiger charge is -2.52. The molecule has 1 aromatic carbocycles. The Labute approximate surface area is 128 Å². The van der Waals surface area contributed by atoms with Crippen LogP contribution in [-0.4, -0.2) is 40.6 Å². The van der Waals surface area contributed by atoms with Gasteiger partial charge in [-0.05, 0) is 62.9 Å². The lowest BCUT2D eigenvalue weighted by molar-refractivity contribution is -0.00144. The molecule has 5 heteroatoms. The standard InChI is InChI=1S/C17H19N3O2/c21-16(12-1-2-13-10-18-22-14(13)9-12)19-15-11-3-7-20(8-4-11)17(15)5-6-17/h1-2,9-11,15H,3-8H2,(H,19,21)/t15-/m1/s1. The van der Waals surface area contributed by atoms with Crippen LogP contribution in [0.3, 0.4) is 0 Å². The maximum absolute atomic E-state index is 12.7. The minimum atomic E-state index is 0.0170. The van der Waals surface area contributed by atoms with Crippen LogP contribution in [0.15, 0.2) is 28.9 Å². The highest BCUT2D eigenvalue weighted by Crippen LogP contribution is 2.53. The molecule has 2 bridgehead atoms. The molecule has 5 nitrogen and oxygen atoms in total. The van der Waals surface area contributed by atoms with E-state index in [1.165, 1.54) is 38.8 Å². The molecule has 2 aromatic rings. The zero-order chi connectivity index (χ0) is 14.7. The highest BCUT2D eigenvalue weighted by molar-refractivity contribution is 5.97. The van der Waals surface area contributed by atoms with Gasteiger partial charge >= 0.3 is 0 Å². The molecule has 4 fully saturated rings. The second-order valence-electron chi connectivity index (χ2n) is 6.96. The van der Waals surface area contributed by atoms with Gasteiger partial charge in [0.05, 0.1) is 12.2 Å². The Bertz CT molecular complexity index is 741. The molecule has 4 aliphatic rings. The van der Waals surface area contributed by atoms with Crippen LogP contribution in [0, 0.1) is 5.92 Å². The smallest absolute Gasteiger partial charge is 0.251 e. The Balaban J connectivity index is 1.42. The quantitative estimate of drug-likeness (QED) is 0.923. The summed E-state index contributed by atoms with van der Waals surface area (Å²) in [6.07, 6.45) is 6.57. The molecule has 114 valence electrons. The third-order valence-corrected chi connectivity index (χ3v) is 5.89. The number of hydrogen-bond acceptors (Lipinski definition) is 4. The van der Waals surface area contributed by atoms with Crippen LogP contribution >= 0.6 is 0 Å². The number of carbonyl (C=O) groups excluding carboxylic acids is 1. The number of rotatable bonds is 2. The molecule has 0 radical (unpaired) electrons. The first-order valence-corrected chi connectivity index (χ1v) is 8.17. The van der Waals surface area contributed by atoms with Crippen LogP contribution in [-0.2, 0) is 0 Å². The Morgan fingerprint density at radius 2 is 2.14 bits per heavy atom. The van der Waals surface area contributed by atoms with Gasteiger partial charge in [-0.15, -0.1) is 0 Å². The third kappa shape index (κ3) is 1.69. The zero-order valence-corrected chi connectivity index (χ0v) is 12.4. The number of nitrogens with one attached hydrogen (secondary N) is 1. The number of hydrogen-bond donors (Lipinski definition) is 1. The van der Waals surface area contributed by atoms with E-state index >= 15 is 0 Å². The molecule has 1 spiro atoms. The Kier molecular flexibility index (Phi) is 2.48. The molecule has 22 heavy (non-hydrogen) atoms. The van der Waals surface area contributed by atoms with Crippen LogP contribution in [0.2, 0.25) is 0 Å². The maximum Gasteiger partial charge on any atom is 0.251 e. The number of benzene rings is 1. The fourth-order valence-corrected chi connectivity index (χ4v) is 4.55. The van der Waals surface area contributed by atoms with E-state index in [0.717, 1.165) is 5.39 Å². The van der Waals surface area contributed by atoms with Gasteiger partial charge in [0.15, 0.2) is 5.58 Å². The highest BCUT2D eigenvalue weighted by Gasteiger charge is 2.60. The van der Waals surface area contributed by atoms with Gasteiger partial charge in [-0.25, -0.2) is 0 Å². The highest BCUT2D eigenvalue weighted by atomic mass is 16.5. The van der Waals surface area contributed by atoms with Crippen LogP contribution in [0.5, 0.6) is 0 Å². The summed E-state index contributed by atoms with van der Waals surface area (Å²) in [5, 5.41) is 8.03. The van der Waals surface area contributed by atoms with Crippen molar-refractivity contribution in [1.29, 1.82) is 0 Å². The average Bonchev–Trinajstić information content (AvgIpc) is 3.18. The van der Waals surface area contributed by atoms with Crippen LogP contribution in [0.4, 0.5) is 0 Å². The van der Waals surface area contributed by atoms with Gasteiger partial charge in [-0.1, -0.05) is 5.16 Å². The SMILES string of the molecule is O=C(N[C@@H]1C2CCN(CC2)C12CC2)c1ccc2cnoc2c1. The van der Waals surface area contributed by atoms with Crippen LogP contribution < -0.4 is 5.32 Å². The number of amides is 1. The summed E-state index contributed by atoms with van der Waals surface area (Å²) in [6.45, 7) is 2.42. The summed E-state index contributed by atoms with van der Waals surface area (Å²) in [6, 6.07) is 5.85. The summed E-state index contributed by atoms with van der Waals surface area (Å²) >= 11 is 0. The van der Waals surface area contributed by atoms with Crippen molar-refractivity contribution in [3.8, 4) is 0 Å². The first-order chi connectivity index (χ1) is 10.8. The minimum absolute atomic E-state index is 0.0170. The molecule has 1 amide bonds. The van der Waals surface area contributed by atoms with E-state index in [1.54, 1.807) is 12.3 Å². The van der Waals surface area contributed by atoms with E-state index in [-0.39, 0.29) is 11.4 Å². The molecule has 1 atom stereocenters. The monoisotopic (exact) mass is 297 g/mol. The van der Waals surface area contributed by atoms with E-state index in [0.29, 0.717) is 23.1 Å². The normalized spacial score (nSPS) is 31.5. The predicted molar refractivity (Wildman–Crippen MR) is 81.5 cm³/mol. The molecule has 0 unspecified atom stereocenters. The summed E-state index contributed by atoms with van der Waals surface area (Å²) < 4.78 is 5.16.